The van der Waals surface area contributed by atoms with Gasteiger partial charge in [-0.25, -0.2) is 0 Å². The second kappa shape index (κ2) is 4.05. The first-order chi connectivity index (χ1) is 6.09. The van der Waals surface area contributed by atoms with E-state index in [9.17, 15) is 4.79 Å². The highest BCUT2D eigenvalue weighted by molar-refractivity contribution is 5.94. The van der Waals surface area contributed by atoms with Crippen molar-refractivity contribution in [2.75, 3.05) is 5.32 Å². The zero-order valence-electron chi connectivity index (χ0n) is 7.58. The molecule has 0 heterocycles. The first kappa shape index (κ1) is 9.74. The zero-order chi connectivity index (χ0) is 9.84. The Bertz CT molecular complexity index is 308. The second-order valence-corrected chi connectivity index (χ2v) is 2.98. The van der Waals surface area contributed by atoms with E-state index in [4.69, 9.17) is 5.73 Å². The summed E-state index contributed by atoms with van der Waals surface area (Å²) in [6.07, 6.45) is 0. The number of hydrogen-bond donors (Lipinski definition) is 2. The van der Waals surface area contributed by atoms with Gasteiger partial charge >= 0.3 is 0 Å². The van der Waals surface area contributed by atoms with Gasteiger partial charge in [0.2, 0.25) is 5.91 Å². The third-order valence-corrected chi connectivity index (χ3v) is 1.61. The summed E-state index contributed by atoms with van der Waals surface area (Å²) in [5.74, 6) is -0.189. The van der Waals surface area contributed by atoms with Crippen LogP contribution in [0.2, 0.25) is 0 Å². The molecule has 0 aliphatic carbocycles. The van der Waals surface area contributed by atoms with Gasteiger partial charge in [0.05, 0.1) is 6.04 Å². The number of carbonyl (C=O) groups is 1. The predicted octanol–water partition coefficient (Wildman–Crippen LogP) is 1.15. The van der Waals surface area contributed by atoms with Gasteiger partial charge in [0, 0.05) is 5.69 Å². The van der Waals surface area contributed by atoms with E-state index in [-0.39, 0.29) is 5.91 Å². The Labute approximate surface area is 77.9 Å². The molecule has 3 heteroatoms. The first-order valence-electron chi connectivity index (χ1n) is 4.08. The van der Waals surface area contributed by atoms with Crippen LogP contribution in [-0.4, -0.2) is 11.9 Å². The van der Waals surface area contributed by atoms with E-state index in [0.29, 0.717) is 0 Å². The fourth-order valence-electron chi connectivity index (χ4n) is 0.905. The van der Waals surface area contributed by atoms with Crippen molar-refractivity contribution in [3.8, 4) is 0 Å². The van der Waals surface area contributed by atoms with E-state index in [0.717, 1.165) is 11.3 Å². The van der Waals surface area contributed by atoms with Crippen LogP contribution in [0.5, 0.6) is 0 Å². The van der Waals surface area contributed by atoms with Gasteiger partial charge < -0.3 is 11.1 Å². The van der Waals surface area contributed by atoms with Crippen LogP contribution in [-0.2, 0) is 4.79 Å². The molecule has 1 aromatic rings. The Balaban J connectivity index is 2.69. The van der Waals surface area contributed by atoms with Crippen LogP contribution < -0.4 is 11.1 Å². The van der Waals surface area contributed by atoms with Gasteiger partial charge in [0.25, 0.3) is 0 Å². The lowest BCUT2D eigenvalue weighted by Crippen LogP contribution is -2.32. The van der Waals surface area contributed by atoms with Crippen molar-refractivity contribution in [2.45, 2.75) is 13.0 Å². The molecule has 0 spiro atoms. The van der Waals surface area contributed by atoms with Crippen molar-refractivity contribution < 1.29 is 4.79 Å². The molecule has 69 valence electrons. The minimum absolute atomic E-state index is 0.189. The lowest BCUT2D eigenvalue weighted by molar-refractivity contribution is -0.117. The Hall–Kier alpha value is -1.35. The molecule has 0 aliphatic rings. The number of nitrogens with two attached hydrogens (primary N) is 1. The summed E-state index contributed by atoms with van der Waals surface area (Å²) >= 11 is 0. The maximum Gasteiger partial charge on any atom is 0.240 e. The molecule has 0 saturated heterocycles. The summed E-state index contributed by atoms with van der Waals surface area (Å²) in [4.78, 5) is 11.2. The fourth-order valence-corrected chi connectivity index (χ4v) is 0.905. The zero-order valence-corrected chi connectivity index (χ0v) is 7.58. The SMILES string of the molecule is [CH2]c1cccc(NC(=O)C(C)N)c1. The molecule has 13 heavy (non-hydrogen) atoms. The molecule has 1 aromatic carbocycles. The number of anilines is 1. The Morgan fingerprint density at radius 2 is 2.31 bits per heavy atom. The highest BCUT2D eigenvalue weighted by Crippen LogP contribution is 2.09. The standard InChI is InChI=1S/C10H13N2O/c1-7-4-3-5-9(6-7)12-10(13)8(2)11/h3-6,8H,1,11H2,2H3,(H,12,13). The van der Waals surface area contributed by atoms with Crippen molar-refractivity contribution in [3.63, 3.8) is 0 Å². The number of amides is 1. The van der Waals surface area contributed by atoms with Crippen LogP contribution in [0.3, 0.4) is 0 Å². The normalized spacial score (nSPS) is 12.2. The topological polar surface area (TPSA) is 55.1 Å². The summed E-state index contributed by atoms with van der Waals surface area (Å²) in [6, 6.07) is 6.80. The summed E-state index contributed by atoms with van der Waals surface area (Å²) in [5, 5.41) is 2.68. The maximum atomic E-state index is 11.2. The Morgan fingerprint density at radius 1 is 1.62 bits per heavy atom. The molecule has 1 radical (unpaired) electrons. The quantitative estimate of drug-likeness (QED) is 0.712. The van der Waals surface area contributed by atoms with Crippen molar-refractivity contribution in [1.82, 2.24) is 0 Å². The van der Waals surface area contributed by atoms with Crippen LogP contribution in [0.1, 0.15) is 12.5 Å². The highest BCUT2D eigenvalue weighted by Gasteiger charge is 2.06. The van der Waals surface area contributed by atoms with Crippen LogP contribution in [0.4, 0.5) is 5.69 Å². The number of hydrogen-bond acceptors (Lipinski definition) is 2. The number of benzene rings is 1. The molecule has 1 unspecified atom stereocenters. The average molecular weight is 177 g/mol. The molecule has 0 aliphatic heterocycles. The summed E-state index contributed by atoms with van der Waals surface area (Å²) in [5.41, 5.74) is 6.99. The molecule has 3 nitrogen and oxygen atoms in total. The van der Waals surface area contributed by atoms with Crippen molar-refractivity contribution >= 4 is 11.6 Å². The predicted molar refractivity (Wildman–Crippen MR) is 53.2 cm³/mol. The molecule has 1 atom stereocenters. The molecule has 0 bridgehead atoms. The highest BCUT2D eigenvalue weighted by atomic mass is 16.2. The molecular weight excluding hydrogens is 164 g/mol. The third kappa shape index (κ3) is 2.87. The minimum Gasteiger partial charge on any atom is -0.325 e. The average Bonchev–Trinajstić information content (AvgIpc) is 2.04. The number of rotatable bonds is 2. The van der Waals surface area contributed by atoms with Gasteiger partial charge in [-0.05, 0) is 31.5 Å². The van der Waals surface area contributed by atoms with Gasteiger partial charge in [-0.3, -0.25) is 4.79 Å². The van der Waals surface area contributed by atoms with Gasteiger partial charge in [-0.1, -0.05) is 12.1 Å². The lowest BCUT2D eigenvalue weighted by Gasteiger charge is -2.07. The van der Waals surface area contributed by atoms with E-state index in [1.165, 1.54) is 0 Å². The lowest BCUT2D eigenvalue weighted by atomic mass is 10.2. The summed E-state index contributed by atoms with van der Waals surface area (Å²) < 4.78 is 0. The molecule has 3 N–H and O–H groups in total. The number of nitrogens with one attached hydrogen (secondary N) is 1. The van der Waals surface area contributed by atoms with E-state index >= 15 is 0 Å². The fraction of sp³-hybridized carbons (Fsp3) is 0.200. The molecule has 1 amide bonds. The summed E-state index contributed by atoms with van der Waals surface area (Å²) in [6.45, 7) is 5.39. The molecule has 0 saturated carbocycles. The third-order valence-electron chi connectivity index (χ3n) is 1.61. The van der Waals surface area contributed by atoms with E-state index in [2.05, 4.69) is 12.2 Å². The monoisotopic (exact) mass is 177 g/mol. The Morgan fingerprint density at radius 3 is 2.85 bits per heavy atom. The molecular formula is C10H13N2O. The van der Waals surface area contributed by atoms with Crippen LogP contribution in [0, 0.1) is 6.92 Å². The second-order valence-electron chi connectivity index (χ2n) is 2.98. The van der Waals surface area contributed by atoms with Crippen molar-refractivity contribution in [2.24, 2.45) is 5.73 Å². The van der Waals surface area contributed by atoms with Crippen LogP contribution >= 0.6 is 0 Å². The van der Waals surface area contributed by atoms with E-state index in [1.807, 2.05) is 12.1 Å². The van der Waals surface area contributed by atoms with Crippen molar-refractivity contribution in [1.29, 1.82) is 0 Å². The summed E-state index contributed by atoms with van der Waals surface area (Å²) in [7, 11) is 0. The van der Waals surface area contributed by atoms with Crippen molar-refractivity contribution in [3.05, 3.63) is 36.8 Å². The molecule has 1 rings (SSSR count). The minimum atomic E-state index is -0.492. The van der Waals surface area contributed by atoms with Gasteiger partial charge in [-0.2, -0.15) is 0 Å². The number of carbonyl (C=O) groups excluding carboxylic acids is 1. The Kier molecular flexibility index (Phi) is 3.03. The van der Waals surface area contributed by atoms with Gasteiger partial charge in [0.15, 0.2) is 0 Å². The molecule has 0 fully saturated rings. The van der Waals surface area contributed by atoms with Gasteiger partial charge in [0.1, 0.15) is 0 Å². The maximum absolute atomic E-state index is 11.2. The smallest absolute Gasteiger partial charge is 0.240 e. The first-order valence-corrected chi connectivity index (χ1v) is 4.08. The largest absolute Gasteiger partial charge is 0.325 e. The van der Waals surface area contributed by atoms with E-state index < -0.39 is 6.04 Å². The van der Waals surface area contributed by atoms with Crippen LogP contribution in [0.25, 0.3) is 0 Å². The van der Waals surface area contributed by atoms with Crippen LogP contribution in [0.15, 0.2) is 24.3 Å². The van der Waals surface area contributed by atoms with E-state index in [1.54, 1.807) is 19.1 Å². The van der Waals surface area contributed by atoms with Gasteiger partial charge in [-0.15, -0.1) is 0 Å². The molecule has 0 aromatic heterocycles.